The van der Waals surface area contributed by atoms with E-state index in [0.717, 1.165) is 18.0 Å². The number of likely N-dealkylation sites (N-methyl/N-ethyl adjacent to an activating group) is 1. The van der Waals surface area contributed by atoms with E-state index in [9.17, 15) is 19.7 Å². The van der Waals surface area contributed by atoms with Crippen LogP contribution in [0.2, 0.25) is 0 Å². The van der Waals surface area contributed by atoms with E-state index in [4.69, 9.17) is 4.74 Å². The molecular formula is C17H21N3O6. The third-order valence-corrected chi connectivity index (χ3v) is 4.57. The fraction of sp³-hybridized carbons (Fsp3) is 0.529. The van der Waals surface area contributed by atoms with Crippen molar-refractivity contribution < 1.29 is 24.3 Å². The van der Waals surface area contributed by atoms with Gasteiger partial charge in [-0.1, -0.05) is 6.92 Å². The van der Waals surface area contributed by atoms with Crippen LogP contribution in [0.5, 0.6) is 5.75 Å². The number of hydrogen-bond donors (Lipinski definition) is 0. The molecule has 140 valence electrons. The van der Waals surface area contributed by atoms with E-state index in [0.29, 0.717) is 18.4 Å². The van der Waals surface area contributed by atoms with Crippen molar-refractivity contribution in [2.45, 2.75) is 25.8 Å². The van der Waals surface area contributed by atoms with Crippen molar-refractivity contribution in [3.05, 3.63) is 39.4 Å². The number of carbonyl (C=O) groups is 2. The van der Waals surface area contributed by atoms with E-state index in [1.165, 1.54) is 12.8 Å². The quantitative estimate of drug-likeness (QED) is 0.351. The van der Waals surface area contributed by atoms with Gasteiger partial charge in [0.25, 0.3) is 16.9 Å². The number of nitrogens with zero attached hydrogens (tertiary/aromatic N) is 3. The normalized spacial score (nSPS) is 16.2. The minimum absolute atomic E-state index is 0.170. The smallest absolute Gasteiger partial charge is 0.294 e. The van der Waals surface area contributed by atoms with E-state index in [1.807, 2.05) is 0 Å². The zero-order chi connectivity index (χ0) is 18.7. The van der Waals surface area contributed by atoms with E-state index >= 15 is 0 Å². The summed E-state index contributed by atoms with van der Waals surface area (Å²) in [5.74, 6) is -0.440. The Morgan fingerprint density at radius 3 is 2.62 bits per heavy atom. The van der Waals surface area contributed by atoms with Gasteiger partial charge in [0.05, 0.1) is 17.7 Å². The van der Waals surface area contributed by atoms with Crippen LogP contribution in [0.4, 0.5) is 0 Å². The van der Waals surface area contributed by atoms with Crippen molar-refractivity contribution in [3.63, 3.8) is 0 Å². The highest BCUT2D eigenvalue weighted by Crippen LogP contribution is 2.28. The first-order valence-corrected chi connectivity index (χ1v) is 8.65. The van der Waals surface area contributed by atoms with Crippen molar-refractivity contribution in [2.24, 2.45) is 0 Å². The third kappa shape index (κ3) is 3.93. The molecule has 0 N–H and O–H groups in total. The van der Waals surface area contributed by atoms with Gasteiger partial charge in [0.1, 0.15) is 19.0 Å². The van der Waals surface area contributed by atoms with Crippen LogP contribution in [-0.2, 0) is 4.84 Å². The maximum Gasteiger partial charge on any atom is 0.294 e. The number of hydrogen-bond acceptors (Lipinski definition) is 7. The van der Waals surface area contributed by atoms with Gasteiger partial charge < -0.3 is 9.57 Å². The fourth-order valence-corrected chi connectivity index (χ4v) is 3.09. The molecule has 26 heavy (non-hydrogen) atoms. The predicted octanol–water partition coefficient (Wildman–Crippen LogP) is 1.35. The third-order valence-electron chi connectivity index (χ3n) is 4.57. The second-order valence-corrected chi connectivity index (χ2v) is 6.23. The van der Waals surface area contributed by atoms with E-state index < -0.39 is 16.9 Å². The van der Waals surface area contributed by atoms with Gasteiger partial charge >= 0.3 is 0 Å². The summed E-state index contributed by atoms with van der Waals surface area (Å²) in [5.41, 5.74) is 0.528. The Bertz CT molecular complexity index is 718. The molecule has 1 heterocycles. The molecule has 0 saturated heterocycles. The van der Waals surface area contributed by atoms with Gasteiger partial charge in [-0.05, 0) is 37.6 Å². The summed E-state index contributed by atoms with van der Waals surface area (Å²) in [6, 6.07) is 5.43. The molecular weight excluding hydrogens is 342 g/mol. The van der Waals surface area contributed by atoms with Crippen molar-refractivity contribution >= 4 is 11.8 Å². The van der Waals surface area contributed by atoms with Crippen LogP contribution in [0.15, 0.2) is 18.2 Å². The monoisotopic (exact) mass is 363 g/mol. The molecule has 3 rings (SSSR count). The number of rotatable bonds is 10. The Balaban J connectivity index is 1.58. The molecule has 2 aliphatic rings. The second-order valence-electron chi connectivity index (χ2n) is 6.23. The van der Waals surface area contributed by atoms with Crippen molar-refractivity contribution in [3.8, 4) is 5.75 Å². The number of fused-ring (bicyclic) bond motifs is 1. The van der Waals surface area contributed by atoms with E-state index in [1.54, 1.807) is 18.2 Å². The standard InChI is InChI=1S/C17H21N3O6/c1-2-18(12-3-4-12)7-9-25-13-5-6-14-15(11-13)17(22)19(16(14)21)8-10-26-20(23)24/h5-6,11-12H,2-4,7-10H2,1H3. The lowest BCUT2D eigenvalue weighted by Gasteiger charge is -2.19. The highest BCUT2D eigenvalue weighted by molar-refractivity contribution is 6.21. The summed E-state index contributed by atoms with van der Waals surface area (Å²) < 4.78 is 5.74. The molecule has 1 saturated carbocycles. The molecule has 0 unspecified atom stereocenters. The number of imide groups is 1. The second kappa shape index (κ2) is 7.69. The molecule has 0 spiro atoms. The first-order valence-electron chi connectivity index (χ1n) is 8.65. The molecule has 9 heteroatoms. The van der Waals surface area contributed by atoms with E-state index in [-0.39, 0.29) is 24.3 Å². The lowest BCUT2D eigenvalue weighted by atomic mass is 10.1. The van der Waals surface area contributed by atoms with Crippen LogP contribution >= 0.6 is 0 Å². The zero-order valence-electron chi connectivity index (χ0n) is 14.6. The van der Waals surface area contributed by atoms with Crippen molar-refractivity contribution in [2.75, 3.05) is 32.8 Å². The average molecular weight is 363 g/mol. The number of benzene rings is 1. The van der Waals surface area contributed by atoms with Gasteiger partial charge in [0.15, 0.2) is 0 Å². The molecule has 0 bridgehead atoms. The van der Waals surface area contributed by atoms with Gasteiger partial charge in [-0.3, -0.25) is 19.4 Å². The summed E-state index contributed by atoms with van der Waals surface area (Å²) in [4.78, 5) is 42.3. The number of ether oxygens (including phenoxy) is 1. The summed E-state index contributed by atoms with van der Waals surface area (Å²) in [6.45, 7) is 3.90. The van der Waals surface area contributed by atoms with Crippen LogP contribution in [0, 0.1) is 10.1 Å². The predicted molar refractivity (Wildman–Crippen MR) is 90.5 cm³/mol. The molecule has 9 nitrogen and oxygen atoms in total. The van der Waals surface area contributed by atoms with Crippen molar-refractivity contribution in [1.82, 2.24) is 9.80 Å². The molecule has 2 amide bonds. The maximum absolute atomic E-state index is 12.4. The van der Waals surface area contributed by atoms with Crippen LogP contribution in [-0.4, -0.2) is 65.6 Å². The van der Waals surface area contributed by atoms with Crippen LogP contribution < -0.4 is 4.74 Å². The Kier molecular flexibility index (Phi) is 5.36. The van der Waals surface area contributed by atoms with Crippen LogP contribution in [0.1, 0.15) is 40.5 Å². The van der Waals surface area contributed by atoms with Crippen LogP contribution in [0.3, 0.4) is 0 Å². The summed E-state index contributed by atoms with van der Waals surface area (Å²) >= 11 is 0. The minimum atomic E-state index is -0.953. The van der Waals surface area contributed by atoms with Crippen LogP contribution in [0.25, 0.3) is 0 Å². The van der Waals surface area contributed by atoms with Gasteiger partial charge in [0.2, 0.25) is 0 Å². The molecule has 0 radical (unpaired) electrons. The first kappa shape index (κ1) is 18.1. The summed E-state index contributed by atoms with van der Waals surface area (Å²) in [7, 11) is 0. The topological polar surface area (TPSA) is 102 Å². The van der Waals surface area contributed by atoms with E-state index in [2.05, 4.69) is 16.7 Å². The minimum Gasteiger partial charge on any atom is -0.492 e. The summed E-state index contributed by atoms with van der Waals surface area (Å²) in [6.07, 6.45) is 2.47. The Morgan fingerprint density at radius 1 is 1.23 bits per heavy atom. The lowest BCUT2D eigenvalue weighted by Crippen LogP contribution is -2.33. The Morgan fingerprint density at radius 2 is 1.96 bits per heavy atom. The summed E-state index contributed by atoms with van der Waals surface area (Å²) in [5, 5.41) is 9.24. The molecule has 0 atom stereocenters. The number of carbonyl (C=O) groups excluding carboxylic acids is 2. The zero-order valence-corrected chi connectivity index (χ0v) is 14.6. The molecule has 1 aliphatic heterocycles. The highest BCUT2D eigenvalue weighted by atomic mass is 16.9. The maximum atomic E-state index is 12.4. The van der Waals surface area contributed by atoms with Gasteiger partial charge in [-0.25, -0.2) is 0 Å². The highest BCUT2D eigenvalue weighted by Gasteiger charge is 2.35. The molecule has 1 fully saturated rings. The SMILES string of the molecule is CCN(CCOc1ccc2c(c1)C(=O)N(CCO[N+](=O)[O-])C2=O)C1CC1. The molecule has 1 aliphatic carbocycles. The first-order chi connectivity index (χ1) is 12.5. The van der Waals surface area contributed by atoms with Gasteiger partial charge in [-0.15, -0.1) is 10.1 Å². The Hall–Kier alpha value is -2.68. The molecule has 1 aromatic rings. The van der Waals surface area contributed by atoms with Gasteiger partial charge in [-0.2, -0.15) is 0 Å². The molecule has 0 aromatic heterocycles. The Labute approximate surface area is 150 Å². The fourth-order valence-electron chi connectivity index (χ4n) is 3.09. The average Bonchev–Trinajstić information content (AvgIpc) is 3.43. The number of amides is 2. The molecule has 1 aromatic carbocycles. The van der Waals surface area contributed by atoms with Gasteiger partial charge in [0, 0.05) is 12.6 Å². The lowest BCUT2D eigenvalue weighted by molar-refractivity contribution is -0.757. The van der Waals surface area contributed by atoms with Crippen molar-refractivity contribution in [1.29, 1.82) is 0 Å². The largest absolute Gasteiger partial charge is 0.492 e.